The molecule has 1 aliphatic rings. The second-order valence-corrected chi connectivity index (χ2v) is 6.68. The van der Waals surface area contributed by atoms with Gasteiger partial charge in [0.15, 0.2) is 0 Å². The molecule has 1 heterocycles. The molecule has 150 valence electrons. The number of nitrogens with one attached hydrogen (secondary N) is 1. The van der Waals surface area contributed by atoms with Crippen LogP contribution in [0.3, 0.4) is 0 Å². The highest BCUT2D eigenvalue weighted by molar-refractivity contribution is 14.1. The van der Waals surface area contributed by atoms with Gasteiger partial charge >= 0.3 is 11.9 Å². The van der Waals surface area contributed by atoms with E-state index >= 15 is 0 Å². The largest absolute Gasteiger partial charge is 0.466 e. The number of amides is 1. The predicted octanol–water partition coefficient (Wildman–Crippen LogP) is 0.659. The van der Waals surface area contributed by atoms with Crippen molar-refractivity contribution in [2.24, 2.45) is 0 Å². The second-order valence-electron chi connectivity index (χ2n) is 5.52. The van der Waals surface area contributed by atoms with Crippen LogP contribution in [0.15, 0.2) is 23.4 Å². The minimum atomic E-state index is -0.859. The summed E-state index contributed by atoms with van der Waals surface area (Å²) in [6.07, 6.45) is 0. The Labute approximate surface area is 172 Å². The molecule has 0 aromatic heterocycles. The first-order chi connectivity index (χ1) is 13.2. The average Bonchev–Trinajstić information content (AvgIpc) is 2.97. The molecular weight excluding hydrogens is 489 g/mol. The number of rotatable bonds is 7. The third kappa shape index (κ3) is 4.22. The minimum absolute atomic E-state index is 0.00548. The molecule has 28 heavy (non-hydrogen) atoms. The van der Waals surface area contributed by atoms with Crippen LogP contribution in [-0.4, -0.2) is 66.7 Å². The SMILES string of the molecule is COC(=O)C1=C(Nc2c(I)cc([N+](=O)[O-])cc2C(=O)OC)C(=O)N(CCO)C1. The molecule has 1 amide bonds. The number of aliphatic hydroxyl groups is 1. The van der Waals surface area contributed by atoms with E-state index in [4.69, 9.17) is 9.84 Å². The Morgan fingerprint density at radius 3 is 2.50 bits per heavy atom. The molecule has 0 saturated heterocycles. The third-order valence-electron chi connectivity index (χ3n) is 3.89. The van der Waals surface area contributed by atoms with Crippen LogP contribution < -0.4 is 5.32 Å². The van der Waals surface area contributed by atoms with E-state index in [9.17, 15) is 24.5 Å². The molecule has 0 atom stereocenters. The molecule has 0 fully saturated rings. The van der Waals surface area contributed by atoms with Crippen molar-refractivity contribution in [1.29, 1.82) is 0 Å². The first-order valence-corrected chi connectivity index (χ1v) is 8.87. The molecule has 12 heteroatoms. The van der Waals surface area contributed by atoms with Crippen molar-refractivity contribution in [3.63, 3.8) is 0 Å². The maximum atomic E-state index is 12.6. The van der Waals surface area contributed by atoms with Gasteiger partial charge in [0, 0.05) is 22.2 Å². The number of aliphatic hydroxyl groups excluding tert-OH is 1. The minimum Gasteiger partial charge on any atom is -0.466 e. The normalized spacial score (nSPS) is 13.6. The third-order valence-corrected chi connectivity index (χ3v) is 4.75. The number of β-amino-alcohol motifs (C(OH)–C–C–N with tert-alkyl or cyclic N) is 1. The number of methoxy groups -OCH3 is 2. The lowest BCUT2D eigenvalue weighted by atomic mass is 10.1. The lowest BCUT2D eigenvalue weighted by Crippen LogP contribution is -2.31. The molecule has 11 nitrogen and oxygen atoms in total. The molecule has 0 saturated carbocycles. The van der Waals surface area contributed by atoms with Crippen LogP contribution in [0.2, 0.25) is 0 Å². The van der Waals surface area contributed by atoms with E-state index in [2.05, 4.69) is 10.1 Å². The lowest BCUT2D eigenvalue weighted by Gasteiger charge is -2.16. The van der Waals surface area contributed by atoms with Gasteiger partial charge in [-0.1, -0.05) is 0 Å². The number of hydrogen-bond donors (Lipinski definition) is 2. The standard InChI is InChI=1S/C16H16IN3O8/c1-27-15(23)9-5-8(20(25)26)6-11(17)12(9)18-13-10(16(24)28-2)7-19(3-4-21)14(13)22/h5-6,18,21H,3-4,7H2,1-2H3. The van der Waals surface area contributed by atoms with Gasteiger partial charge in [-0.15, -0.1) is 0 Å². The number of nitro groups is 1. The Hall–Kier alpha value is -2.74. The number of non-ortho nitro benzene ring substituents is 1. The Balaban J connectivity index is 2.57. The van der Waals surface area contributed by atoms with Crippen LogP contribution in [0.5, 0.6) is 0 Å². The van der Waals surface area contributed by atoms with Gasteiger partial charge in [-0.2, -0.15) is 0 Å². The molecule has 1 aromatic rings. The maximum absolute atomic E-state index is 12.6. The van der Waals surface area contributed by atoms with Gasteiger partial charge in [0.05, 0.1) is 49.1 Å². The van der Waals surface area contributed by atoms with Crippen molar-refractivity contribution in [2.75, 3.05) is 39.2 Å². The fourth-order valence-corrected chi connectivity index (χ4v) is 3.31. The number of ether oxygens (including phenoxy) is 2. The van der Waals surface area contributed by atoms with Crippen LogP contribution in [0.1, 0.15) is 10.4 Å². The summed E-state index contributed by atoms with van der Waals surface area (Å²) >= 11 is 1.77. The molecule has 1 aliphatic heterocycles. The zero-order chi connectivity index (χ0) is 21.0. The van der Waals surface area contributed by atoms with E-state index in [1.54, 1.807) is 22.6 Å². The summed E-state index contributed by atoms with van der Waals surface area (Å²) in [7, 11) is 2.27. The van der Waals surface area contributed by atoms with Crippen LogP contribution in [-0.2, 0) is 19.1 Å². The maximum Gasteiger partial charge on any atom is 0.340 e. The number of halogens is 1. The quantitative estimate of drug-likeness (QED) is 0.236. The van der Waals surface area contributed by atoms with Crippen LogP contribution >= 0.6 is 22.6 Å². The molecule has 0 bridgehead atoms. The number of benzene rings is 1. The molecule has 1 aromatic carbocycles. The molecule has 2 N–H and O–H groups in total. The summed E-state index contributed by atoms with van der Waals surface area (Å²) < 4.78 is 9.63. The lowest BCUT2D eigenvalue weighted by molar-refractivity contribution is -0.385. The Morgan fingerprint density at radius 2 is 1.96 bits per heavy atom. The molecular formula is C16H16IN3O8. The van der Waals surface area contributed by atoms with Crippen LogP contribution in [0, 0.1) is 13.7 Å². The van der Waals surface area contributed by atoms with E-state index < -0.39 is 22.8 Å². The first kappa shape index (κ1) is 21.6. The summed E-state index contributed by atoms with van der Waals surface area (Å²) in [5.74, 6) is -2.20. The van der Waals surface area contributed by atoms with Crippen molar-refractivity contribution in [2.45, 2.75) is 0 Å². The van der Waals surface area contributed by atoms with Crippen molar-refractivity contribution in [1.82, 2.24) is 4.90 Å². The number of anilines is 1. The number of nitro benzene ring substituents is 1. The van der Waals surface area contributed by atoms with E-state index in [0.717, 1.165) is 20.3 Å². The van der Waals surface area contributed by atoms with Gasteiger partial charge in [0.2, 0.25) is 0 Å². The predicted molar refractivity (Wildman–Crippen MR) is 103 cm³/mol. The highest BCUT2D eigenvalue weighted by atomic mass is 127. The van der Waals surface area contributed by atoms with Gasteiger partial charge in [-0.25, -0.2) is 9.59 Å². The van der Waals surface area contributed by atoms with Crippen molar-refractivity contribution < 1.29 is 33.9 Å². The number of carbonyl (C=O) groups excluding carboxylic acids is 3. The molecule has 2 rings (SSSR count). The van der Waals surface area contributed by atoms with Gasteiger partial charge in [-0.05, 0) is 22.6 Å². The molecule has 0 unspecified atom stereocenters. The second kappa shape index (κ2) is 8.97. The number of carbonyl (C=O) groups is 3. The van der Waals surface area contributed by atoms with Gasteiger partial charge in [-0.3, -0.25) is 14.9 Å². The Bertz CT molecular complexity index is 883. The molecule has 0 aliphatic carbocycles. The van der Waals surface area contributed by atoms with E-state index in [1.165, 1.54) is 11.0 Å². The van der Waals surface area contributed by atoms with Gasteiger partial charge in [0.25, 0.3) is 11.6 Å². The average molecular weight is 505 g/mol. The van der Waals surface area contributed by atoms with Gasteiger partial charge < -0.3 is 24.8 Å². The van der Waals surface area contributed by atoms with Crippen molar-refractivity contribution in [3.05, 3.63) is 42.7 Å². The van der Waals surface area contributed by atoms with Crippen LogP contribution in [0.25, 0.3) is 0 Å². The summed E-state index contributed by atoms with van der Waals surface area (Å²) in [6.45, 7) is -0.410. The summed E-state index contributed by atoms with van der Waals surface area (Å²) in [6, 6.07) is 2.22. The van der Waals surface area contributed by atoms with E-state index in [1.807, 2.05) is 0 Å². The first-order valence-electron chi connectivity index (χ1n) is 7.80. The van der Waals surface area contributed by atoms with Crippen LogP contribution in [0.4, 0.5) is 11.4 Å². The zero-order valence-corrected chi connectivity index (χ0v) is 17.0. The topological polar surface area (TPSA) is 148 Å². The van der Waals surface area contributed by atoms with Crippen molar-refractivity contribution in [3.8, 4) is 0 Å². The molecule has 0 spiro atoms. The Kier molecular flexibility index (Phi) is 6.90. The number of nitrogens with zero attached hydrogens (tertiary/aromatic N) is 2. The number of esters is 2. The fourth-order valence-electron chi connectivity index (χ4n) is 2.57. The summed E-state index contributed by atoms with van der Waals surface area (Å²) in [4.78, 5) is 48.5. The monoisotopic (exact) mass is 505 g/mol. The van der Waals surface area contributed by atoms with Gasteiger partial charge in [0.1, 0.15) is 5.70 Å². The summed E-state index contributed by atoms with van der Waals surface area (Å²) in [5, 5.41) is 22.9. The highest BCUT2D eigenvalue weighted by Gasteiger charge is 2.35. The summed E-state index contributed by atoms with van der Waals surface area (Å²) in [5.41, 5.74) is -0.569. The zero-order valence-electron chi connectivity index (χ0n) is 14.9. The van der Waals surface area contributed by atoms with E-state index in [0.29, 0.717) is 0 Å². The molecule has 0 radical (unpaired) electrons. The fraction of sp³-hybridized carbons (Fsp3) is 0.312. The van der Waals surface area contributed by atoms with Crippen molar-refractivity contribution >= 4 is 51.8 Å². The number of hydrogen-bond acceptors (Lipinski definition) is 9. The highest BCUT2D eigenvalue weighted by Crippen LogP contribution is 2.32. The van der Waals surface area contributed by atoms with E-state index in [-0.39, 0.29) is 51.5 Å². The smallest absolute Gasteiger partial charge is 0.340 e. The Morgan fingerprint density at radius 1 is 1.32 bits per heavy atom.